The van der Waals surface area contributed by atoms with E-state index in [4.69, 9.17) is 5.11 Å². The smallest absolute Gasteiger partial charge is 0.220 e. The van der Waals surface area contributed by atoms with E-state index in [9.17, 15) is 4.79 Å². The van der Waals surface area contributed by atoms with Crippen LogP contribution in [0.1, 0.15) is 77.6 Å². The number of unbranched alkanes of at least 4 members (excludes halogenated alkanes) is 6. The van der Waals surface area contributed by atoms with E-state index in [0.717, 1.165) is 32.1 Å². The highest BCUT2D eigenvalue weighted by molar-refractivity contribution is 5.75. The van der Waals surface area contributed by atoms with Crippen molar-refractivity contribution in [3.63, 3.8) is 0 Å². The lowest BCUT2D eigenvalue weighted by Crippen LogP contribution is -2.25. The quantitative estimate of drug-likeness (QED) is 0.305. The van der Waals surface area contributed by atoms with Crippen molar-refractivity contribution in [1.29, 1.82) is 0 Å². The topological polar surface area (TPSA) is 49.3 Å². The zero-order chi connectivity index (χ0) is 17.7. The van der Waals surface area contributed by atoms with E-state index in [0.29, 0.717) is 13.0 Å². The summed E-state index contributed by atoms with van der Waals surface area (Å²) in [4.78, 5) is 11.3. The molecule has 0 aromatic carbocycles. The summed E-state index contributed by atoms with van der Waals surface area (Å²) in [7, 11) is 0. The van der Waals surface area contributed by atoms with Crippen LogP contribution in [0.2, 0.25) is 0 Å². The third-order valence-electron chi connectivity index (χ3n) is 3.73. The molecule has 0 spiro atoms. The zero-order valence-corrected chi connectivity index (χ0v) is 15.5. The first-order valence-corrected chi connectivity index (χ1v) is 9.63. The second kappa shape index (κ2) is 19.7. The Hall–Kier alpha value is -1.35. The molecule has 0 unspecified atom stereocenters. The van der Waals surface area contributed by atoms with Gasteiger partial charge in [-0.3, -0.25) is 4.79 Å². The summed E-state index contributed by atoms with van der Waals surface area (Å²) in [5.41, 5.74) is 0. The van der Waals surface area contributed by atoms with Gasteiger partial charge in [0.25, 0.3) is 0 Å². The number of carbonyl (C=O) groups excluding carboxylic acids is 1. The van der Waals surface area contributed by atoms with E-state index in [-0.39, 0.29) is 12.5 Å². The molecule has 2 N–H and O–H groups in total. The molecule has 138 valence electrons. The number of aliphatic hydroxyl groups excluding tert-OH is 1. The highest BCUT2D eigenvalue weighted by Crippen LogP contribution is 2.04. The Bertz CT molecular complexity index is 359. The fourth-order valence-corrected chi connectivity index (χ4v) is 2.30. The number of amides is 1. The highest BCUT2D eigenvalue weighted by Gasteiger charge is 1.98. The molecule has 3 nitrogen and oxygen atoms in total. The number of hydrogen-bond donors (Lipinski definition) is 2. The molecule has 0 heterocycles. The van der Waals surface area contributed by atoms with Crippen molar-refractivity contribution >= 4 is 5.91 Å². The van der Waals surface area contributed by atoms with Crippen LogP contribution in [0, 0.1) is 0 Å². The molecule has 0 aliphatic carbocycles. The van der Waals surface area contributed by atoms with E-state index in [1.165, 1.54) is 32.1 Å². The van der Waals surface area contributed by atoms with Crippen LogP contribution in [0.15, 0.2) is 36.5 Å². The Morgan fingerprint density at radius 3 is 2.00 bits per heavy atom. The third-order valence-corrected chi connectivity index (χ3v) is 3.73. The summed E-state index contributed by atoms with van der Waals surface area (Å²) in [6.07, 6.45) is 25.5. The maximum Gasteiger partial charge on any atom is 0.220 e. The van der Waals surface area contributed by atoms with Crippen molar-refractivity contribution in [2.45, 2.75) is 77.6 Å². The van der Waals surface area contributed by atoms with Gasteiger partial charge in [-0.15, -0.1) is 0 Å². The Labute approximate surface area is 148 Å². The van der Waals surface area contributed by atoms with Gasteiger partial charge in [0.2, 0.25) is 5.91 Å². The van der Waals surface area contributed by atoms with Gasteiger partial charge in [-0.2, -0.15) is 0 Å². The fraction of sp³-hybridized carbons (Fsp3) is 0.667. The monoisotopic (exact) mass is 335 g/mol. The van der Waals surface area contributed by atoms with Crippen molar-refractivity contribution in [3.8, 4) is 0 Å². The Kier molecular flexibility index (Phi) is 18.6. The lowest BCUT2D eigenvalue weighted by Gasteiger charge is -2.01. The molecular weight excluding hydrogens is 298 g/mol. The van der Waals surface area contributed by atoms with Gasteiger partial charge in [0.15, 0.2) is 0 Å². The molecule has 0 saturated heterocycles. The van der Waals surface area contributed by atoms with E-state index in [1.807, 2.05) is 0 Å². The molecule has 0 bridgehead atoms. The molecule has 0 rings (SSSR count). The molecule has 0 atom stereocenters. The first-order valence-electron chi connectivity index (χ1n) is 9.63. The van der Waals surface area contributed by atoms with E-state index in [2.05, 4.69) is 48.7 Å². The molecule has 0 saturated carbocycles. The van der Waals surface area contributed by atoms with Crippen LogP contribution < -0.4 is 5.32 Å². The predicted molar refractivity (Wildman–Crippen MR) is 104 cm³/mol. The number of rotatable bonds is 16. The van der Waals surface area contributed by atoms with Gasteiger partial charge in [0.05, 0.1) is 6.61 Å². The average Bonchev–Trinajstić information content (AvgIpc) is 2.59. The fourth-order valence-electron chi connectivity index (χ4n) is 2.30. The second-order valence-electron chi connectivity index (χ2n) is 6.05. The maximum atomic E-state index is 11.3. The lowest BCUT2D eigenvalue weighted by molar-refractivity contribution is -0.121. The number of hydrogen-bond acceptors (Lipinski definition) is 2. The molecule has 3 heteroatoms. The maximum absolute atomic E-state index is 11.3. The van der Waals surface area contributed by atoms with Crippen LogP contribution in [0.25, 0.3) is 0 Å². The van der Waals surface area contributed by atoms with Gasteiger partial charge in [-0.1, -0.05) is 62.6 Å². The van der Waals surface area contributed by atoms with Crippen molar-refractivity contribution in [2.75, 3.05) is 13.2 Å². The number of allylic oxidation sites excluding steroid dienone is 6. The molecular formula is C21H37NO2. The third kappa shape index (κ3) is 18.7. The summed E-state index contributed by atoms with van der Waals surface area (Å²) >= 11 is 0. The van der Waals surface area contributed by atoms with Crippen LogP contribution in [-0.4, -0.2) is 24.2 Å². The normalized spacial score (nSPS) is 11.9. The average molecular weight is 336 g/mol. The summed E-state index contributed by atoms with van der Waals surface area (Å²) in [5, 5.41) is 11.3. The largest absolute Gasteiger partial charge is 0.395 e. The summed E-state index contributed by atoms with van der Waals surface area (Å²) < 4.78 is 0. The summed E-state index contributed by atoms with van der Waals surface area (Å²) in [6.45, 7) is 2.62. The SMILES string of the molecule is CCCCCC/C=C\C/C=C\C/C=C\CCCCC(=O)NCCO. The Balaban J connectivity index is 3.36. The van der Waals surface area contributed by atoms with E-state index in [1.54, 1.807) is 0 Å². The lowest BCUT2D eigenvalue weighted by atomic mass is 10.1. The molecule has 0 aliphatic heterocycles. The van der Waals surface area contributed by atoms with Crippen molar-refractivity contribution in [3.05, 3.63) is 36.5 Å². The Morgan fingerprint density at radius 1 is 0.833 bits per heavy atom. The number of aliphatic hydroxyl groups is 1. The van der Waals surface area contributed by atoms with Crippen molar-refractivity contribution < 1.29 is 9.90 Å². The Morgan fingerprint density at radius 2 is 1.42 bits per heavy atom. The molecule has 1 amide bonds. The second-order valence-corrected chi connectivity index (χ2v) is 6.05. The van der Waals surface area contributed by atoms with E-state index < -0.39 is 0 Å². The molecule has 24 heavy (non-hydrogen) atoms. The van der Waals surface area contributed by atoms with Gasteiger partial charge >= 0.3 is 0 Å². The van der Waals surface area contributed by atoms with Crippen LogP contribution >= 0.6 is 0 Å². The van der Waals surface area contributed by atoms with Crippen LogP contribution in [0.4, 0.5) is 0 Å². The minimum atomic E-state index is 0.0107. The predicted octanol–water partition coefficient (Wildman–Crippen LogP) is 5.07. The van der Waals surface area contributed by atoms with Gasteiger partial charge in [0.1, 0.15) is 0 Å². The standard InChI is InChI=1S/C21H37NO2/c1-2-3-4-5-6-7-8-9-10-11-12-13-14-15-16-17-18-21(24)22-19-20-23/h7-8,10-11,13-14,23H,2-6,9,12,15-20H2,1H3,(H,22,24)/b8-7-,11-10-,14-13-. The first-order chi connectivity index (χ1) is 11.8. The number of nitrogens with one attached hydrogen (secondary N) is 1. The number of carbonyl (C=O) groups is 1. The zero-order valence-electron chi connectivity index (χ0n) is 15.5. The van der Waals surface area contributed by atoms with Gasteiger partial charge in [-0.05, 0) is 44.9 Å². The molecule has 0 fully saturated rings. The molecule has 0 aliphatic rings. The van der Waals surface area contributed by atoms with Gasteiger partial charge in [-0.25, -0.2) is 0 Å². The van der Waals surface area contributed by atoms with Crippen molar-refractivity contribution in [2.24, 2.45) is 0 Å². The van der Waals surface area contributed by atoms with Crippen LogP contribution in [0.5, 0.6) is 0 Å². The molecule has 0 aromatic heterocycles. The van der Waals surface area contributed by atoms with E-state index >= 15 is 0 Å². The van der Waals surface area contributed by atoms with Crippen molar-refractivity contribution in [1.82, 2.24) is 5.32 Å². The highest BCUT2D eigenvalue weighted by atomic mass is 16.3. The summed E-state index contributed by atoms with van der Waals surface area (Å²) in [6, 6.07) is 0. The summed E-state index contributed by atoms with van der Waals surface area (Å²) in [5.74, 6) is 0.0365. The van der Waals surface area contributed by atoms with Crippen LogP contribution in [0.3, 0.4) is 0 Å². The minimum absolute atomic E-state index is 0.0107. The van der Waals surface area contributed by atoms with Crippen LogP contribution in [-0.2, 0) is 4.79 Å². The minimum Gasteiger partial charge on any atom is -0.395 e. The van der Waals surface area contributed by atoms with Gasteiger partial charge in [0, 0.05) is 13.0 Å². The first kappa shape index (κ1) is 22.6. The molecule has 0 radical (unpaired) electrons. The van der Waals surface area contributed by atoms with Gasteiger partial charge < -0.3 is 10.4 Å². The molecule has 0 aromatic rings.